The smallest absolute Gasteiger partial charge is 0.0289 e. The Kier molecular flexibility index (Phi) is 4.18. The second kappa shape index (κ2) is 5.34. The third-order valence-corrected chi connectivity index (χ3v) is 4.90. The summed E-state index contributed by atoms with van der Waals surface area (Å²) >= 11 is 7.47. The van der Waals surface area contributed by atoms with Crippen LogP contribution in [0, 0.1) is 0 Å². The lowest BCUT2D eigenvalue weighted by Gasteiger charge is -2.15. The summed E-state index contributed by atoms with van der Waals surface area (Å²) < 4.78 is 2.41. The van der Waals surface area contributed by atoms with E-state index in [0.29, 0.717) is 11.8 Å². The van der Waals surface area contributed by atoms with Crippen molar-refractivity contribution >= 4 is 42.6 Å². The highest BCUT2D eigenvalue weighted by Gasteiger charge is 2.12. The van der Waals surface area contributed by atoms with Gasteiger partial charge in [-0.25, -0.2) is 0 Å². The monoisotopic (exact) mass is 368 g/mol. The minimum atomic E-state index is 0.518. The zero-order chi connectivity index (χ0) is 13.4. The molecule has 0 spiro atoms. The molecule has 0 aliphatic rings. The Bertz CT molecular complexity index is 583. The first kappa shape index (κ1) is 14.1. The molecule has 0 fully saturated rings. The first-order valence-corrected chi connectivity index (χ1v) is 7.92. The summed E-state index contributed by atoms with van der Waals surface area (Å²) in [6, 6.07) is 8.99. The van der Waals surface area contributed by atoms with E-state index in [-0.39, 0.29) is 0 Å². The van der Waals surface area contributed by atoms with E-state index in [1.165, 1.54) is 30.8 Å². The summed E-state index contributed by atoms with van der Waals surface area (Å²) in [6.45, 7) is 8.90. The van der Waals surface area contributed by atoms with Gasteiger partial charge in [-0.05, 0) is 61.8 Å². The molecule has 0 unspecified atom stereocenters. The third kappa shape index (κ3) is 2.50. The molecule has 2 aromatic rings. The topological polar surface area (TPSA) is 0 Å². The summed E-state index contributed by atoms with van der Waals surface area (Å²) in [7, 11) is 0. The minimum absolute atomic E-state index is 0.518. The maximum absolute atomic E-state index is 3.76. The van der Waals surface area contributed by atoms with Crippen LogP contribution in [0.2, 0.25) is 0 Å². The van der Waals surface area contributed by atoms with Crippen molar-refractivity contribution in [3.8, 4) is 0 Å². The maximum Gasteiger partial charge on any atom is 0.0289 e. The summed E-state index contributed by atoms with van der Waals surface area (Å²) in [5.41, 5.74) is 2.74. The lowest BCUT2D eigenvalue weighted by atomic mass is 9.95. The van der Waals surface area contributed by atoms with Gasteiger partial charge in [0.25, 0.3) is 0 Å². The molecule has 2 aromatic carbocycles. The Morgan fingerprint density at radius 2 is 1.50 bits per heavy atom. The number of rotatable bonds is 2. The van der Waals surface area contributed by atoms with Crippen molar-refractivity contribution in [2.45, 2.75) is 39.5 Å². The van der Waals surface area contributed by atoms with Crippen LogP contribution >= 0.6 is 31.9 Å². The molecule has 0 aliphatic heterocycles. The summed E-state index contributed by atoms with van der Waals surface area (Å²) in [4.78, 5) is 0. The second-order valence-electron chi connectivity index (χ2n) is 5.38. The van der Waals surface area contributed by atoms with E-state index in [4.69, 9.17) is 0 Å². The number of halogens is 2. The summed E-state index contributed by atoms with van der Waals surface area (Å²) in [5.74, 6) is 1.08. The fraction of sp³-hybridized carbons (Fsp3) is 0.375. The molecule has 96 valence electrons. The van der Waals surface area contributed by atoms with Crippen molar-refractivity contribution in [1.29, 1.82) is 0 Å². The Balaban J connectivity index is 2.75. The first-order chi connectivity index (χ1) is 8.41. The zero-order valence-electron chi connectivity index (χ0n) is 11.2. The molecule has 2 rings (SSSR count). The molecule has 0 amide bonds. The highest BCUT2D eigenvalue weighted by atomic mass is 79.9. The molecule has 18 heavy (non-hydrogen) atoms. The van der Waals surface area contributed by atoms with Crippen LogP contribution in [-0.2, 0) is 0 Å². The molecular weight excluding hydrogens is 352 g/mol. The molecule has 0 atom stereocenters. The van der Waals surface area contributed by atoms with Gasteiger partial charge in [0.05, 0.1) is 0 Å². The van der Waals surface area contributed by atoms with Gasteiger partial charge >= 0.3 is 0 Å². The van der Waals surface area contributed by atoms with Crippen molar-refractivity contribution in [3.05, 3.63) is 44.3 Å². The number of hydrogen-bond donors (Lipinski definition) is 0. The normalized spacial score (nSPS) is 11.8. The van der Waals surface area contributed by atoms with Crippen molar-refractivity contribution in [3.63, 3.8) is 0 Å². The first-order valence-electron chi connectivity index (χ1n) is 6.33. The van der Waals surface area contributed by atoms with E-state index in [0.717, 1.165) is 0 Å². The van der Waals surface area contributed by atoms with Crippen LogP contribution in [0.25, 0.3) is 10.8 Å². The molecular formula is C16H18Br2. The van der Waals surface area contributed by atoms with Gasteiger partial charge in [0.2, 0.25) is 0 Å². The minimum Gasteiger partial charge on any atom is -0.0587 e. The van der Waals surface area contributed by atoms with Crippen LogP contribution in [0.1, 0.15) is 50.7 Å². The SMILES string of the molecule is CC(C)c1ccc2c(Br)c(C(C)C)cc(Br)c2c1. The van der Waals surface area contributed by atoms with Crippen LogP contribution in [0.4, 0.5) is 0 Å². The Hall–Kier alpha value is -0.340. The molecule has 0 bridgehead atoms. The molecule has 0 nitrogen and oxygen atoms in total. The standard InChI is InChI=1S/C16H18Br2/c1-9(2)11-5-6-12-14(7-11)15(17)8-13(10(3)4)16(12)18/h5-10H,1-4H3. The van der Waals surface area contributed by atoms with E-state index in [9.17, 15) is 0 Å². The molecule has 0 radical (unpaired) electrons. The fourth-order valence-electron chi connectivity index (χ4n) is 2.16. The molecule has 2 heteroatoms. The second-order valence-corrected chi connectivity index (χ2v) is 7.02. The van der Waals surface area contributed by atoms with E-state index in [2.05, 4.69) is 83.8 Å². The van der Waals surface area contributed by atoms with Crippen LogP contribution in [-0.4, -0.2) is 0 Å². The van der Waals surface area contributed by atoms with Crippen molar-refractivity contribution in [1.82, 2.24) is 0 Å². The average molecular weight is 370 g/mol. The van der Waals surface area contributed by atoms with Gasteiger partial charge < -0.3 is 0 Å². The van der Waals surface area contributed by atoms with Crippen LogP contribution in [0.15, 0.2) is 33.2 Å². The molecule has 0 aromatic heterocycles. The predicted molar refractivity (Wildman–Crippen MR) is 87.5 cm³/mol. The average Bonchev–Trinajstić information content (AvgIpc) is 2.32. The Morgan fingerprint density at radius 3 is 2.06 bits per heavy atom. The Labute approximate surface area is 126 Å². The molecule has 0 N–H and O–H groups in total. The van der Waals surface area contributed by atoms with Crippen LogP contribution in [0.5, 0.6) is 0 Å². The van der Waals surface area contributed by atoms with Gasteiger partial charge in [0.15, 0.2) is 0 Å². The molecule has 0 aliphatic carbocycles. The van der Waals surface area contributed by atoms with Gasteiger partial charge in [0, 0.05) is 8.95 Å². The molecule has 0 saturated carbocycles. The number of fused-ring (bicyclic) bond motifs is 1. The lowest BCUT2D eigenvalue weighted by Crippen LogP contribution is -1.93. The van der Waals surface area contributed by atoms with Crippen molar-refractivity contribution < 1.29 is 0 Å². The predicted octanol–water partition coefficient (Wildman–Crippen LogP) is 6.61. The van der Waals surface area contributed by atoms with E-state index < -0.39 is 0 Å². The van der Waals surface area contributed by atoms with Gasteiger partial charge in [-0.3, -0.25) is 0 Å². The fourth-order valence-corrected chi connectivity index (χ4v) is 3.66. The van der Waals surface area contributed by atoms with Gasteiger partial charge in [0.1, 0.15) is 0 Å². The summed E-state index contributed by atoms with van der Waals surface area (Å²) in [5, 5.41) is 2.58. The highest BCUT2D eigenvalue weighted by molar-refractivity contribution is 9.11. The van der Waals surface area contributed by atoms with Gasteiger partial charge in [-0.1, -0.05) is 55.8 Å². The largest absolute Gasteiger partial charge is 0.0587 e. The van der Waals surface area contributed by atoms with E-state index in [1.54, 1.807) is 0 Å². The Morgan fingerprint density at radius 1 is 0.833 bits per heavy atom. The van der Waals surface area contributed by atoms with Crippen LogP contribution < -0.4 is 0 Å². The van der Waals surface area contributed by atoms with Crippen molar-refractivity contribution in [2.75, 3.05) is 0 Å². The highest BCUT2D eigenvalue weighted by Crippen LogP contribution is 2.38. The quantitative estimate of drug-likeness (QED) is 0.558. The molecule has 0 heterocycles. The maximum atomic E-state index is 3.76. The van der Waals surface area contributed by atoms with E-state index >= 15 is 0 Å². The number of hydrogen-bond acceptors (Lipinski definition) is 0. The van der Waals surface area contributed by atoms with Gasteiger partial charge in [-0.2, -0.15) is 0 Å². The van der Waals surface area contributed by atoms with Gasteiger partial charge in [-0.15, -0.1) is 0 Å². The number of benzene rings is 2. The zero-order valence-corrected chi connectivity index (χ0v) is 14.4. The molecule has 0 saturated heterocycles. The van der Waals surface area contributed by atoms with E-state index in [1.807, 2.05) is 0 Å². The lowest BCUT2D eigenvalue weighted by molar-refractivity contribution is 0.860. The van der Waals surface area contributed by atoms with Crippen molar-refractivity contribution in [2.24, 2.45) is 0 Å². The van der Waals surface area contributed by atoms with Crippen LogP contribution in [0.3, 0.4) is 0 Å². The summed E-state index contributed by atoms with van der Waals surface area (Å²) in [6.07, 6.45) is 0. The third-order valence-electron chi connectivity index (χ3n) is 3.36.